The summed E-state index contributed by atoms with van der Waals surface area (Å²) in [5.41, 5.74) is 3.02. The number of carbonyl (C=O) groups is 1. The number of nitrogens with one attached hydrogen (secondary N) is 2. The summed E-state index contributed by atoms with van der Waals surface area (Å²) in [5.74, 6) is -0.411. The molecule has 30 heavy (non-hydrogen) atoms. The zero-order valence-electron chi connectivity index (χ0n) is 16.1. The molecule has 4 rings (SSSR count). The zero-order valence-corrected chi connectivity index (χ0v) is 17.8. The minimum absolute atomic E-state index is 0.0333. The van der Waals surface area contributed by atoms with Gasteiger partial charge in [-0.1, -0.05) is 53.8 Å². The number of amides is 1. The Morgan fingerprint density at radius 3 is 2.60 bits per heavy atom. The van der Waals surface area contributed by atoms with Crippen molar-refractivity contribution in [1.82, 2.24) is 9.71 Å². The Labute approximate surface area is 178 Å². The molecule has 0 unspecified atom stereocenters. The summed E-state index contributed by atoms with van der Waals surface area (Å²) in [5, 5.41) is 3.23. The normalized spacial score (nSPS) is 11.5. The number of aromatic nitrogens is 1. The van der Waals surface area contributed by atoms with E-state index in [9.17, 15) is 13.2 Å². The lowest BCUT2D eigenvalue weighted by atomic mass is 10.2. The zero-order chi connectivity index (χ0) is 21.1. The molecule has 1 aromatic heterocycles. The second-order valence-electron chi connectivity index (χ2n) is 6.78. The van der Waals surface area contributed by atoms with E-state index in [1.54, 1.807) is 12.1 Å². The van der Waals surface area contributed by atoms with Crippen molar-refractivity contribution in [3.63, 3.8) is 0 Å². The van der Waals surface area contributed by atoms with E-state index >= 15 is 0 Å². The number of benzene rings is 3. The molecule has 2 N–H and O–H groups in total. The third-order valence-electron chi connectivity index (χ3n) is 4.48. The lowest BCUT2D eigenvalue weighted by Crippen LogP contribution is -2.23. The molecule has 6 nitrogen and oxygen atoms in total. The number of fused-ring (bicyclic) bond motifs is 1. The molecule has 0 aliphatic rings. The van der Waals surface area contributed by atoms with Gasteiger partial charge in [-0.2, -0.15) is 0 Å². The van der Waals surface area contributed by atoms with Crippen LogP contribution in [-0.4, -0.2) is 19.3 Å². The van der Waals surface area contributed by atoms with Crippen LogP contribution in [-0.2, 0) is 16.6 Å². The van der Waals surface area contributed by atoms with Gasteiger partial charge in [-0.3, -0.25) is 10.1 Å². The van der Waals surface area contributed by atoms with Crippen molar-refractivity contribution in [2.45, 2.75) is 18.4 Å². The standard InChI is InChI=1S/C22H19N3O3S2/c1-15-10-11-19-20(12-15)29-22(24-19)25-21(26)17-8-5-9-18(13-17)30(27,28)23-14-16-6-3-2-4-7-16/h2-13,23H,14H2,1H3,(H,24,25,26). The van der Waals surface area contributed by atoms with Gasteiger partial charge in [0, 0.05) is 12.1 Å². The average molecular weight is 438 g/mol. The van der Waals surface area contributed by atoms with Crippen LogP contribution in [0.25, 0.3) is 10.2 Å². The summed E-state index contributed by atoms with van der Waals surface area (Å²) in [6.45, 7) is 2.17. The van der Waals surface area contributed by atoms with Crippen LogP contribution in [0.3, 0.4) is 0 Å². The Balaban J connectivity index is 1.50. The molecule has 0 aliphatic carbocycles. The first kappa shape index (κ1) is 20.2. The molecule has 1 heterocycles. The topological polar surface area (TPSA) is 88.2 Å². The maximum Gasteiger partial charge on any atom is 0.257 e. The first-order valence-corrected chi connectivity index (χ1v) is 11.5. The largest absolute Gasteiger partial charge is 0.298 e. The number of sulfonamides is 1. The van der Waals surface area contributed by atoms with Gasteiger partial charge in [-0.05, 0) is 48.4 Å². The second kappa shape index (κ2) is 8.35. The molecule has 0 fully saturated rings. The predicted octanol–water partition coefficient (Wildman–Crippen LogP) is 4.34. The molecule has 8 heteroatoms. The third kappa shape index (κ3) is 4.56. The average Bonchev–Trinajstić information content (AvgIpc) is 3.14. The summed E-state index contributed by atoms with van der Waals surface area (Å²) in [7, 11) is -3.76. The fraction of sp³-hybridized carbons (Fsp3) is 0.0909. The second-order valence-corrected chi connectivity index (χ2v) is 9.58. The minimum Gasteiger partial charge on any atom is -0.298 e. The summed E-state index contributed by atoms with van der Waals surface area (Å²) in [6, 6.07) is 21.1. The highest BCUT2D eigenvalue weighted by Crippen LogP contribution is 2.27. The van der Waals surface area contributed by atoms with Crippen LogP contribution in [0.15, 0.2) is 77.7 Å². The number of carbonyl (C=O) groups excluding carboxylic acids is 1. The molecule has 0 bridgehead atoms. The number of hydrogen-bond donors (Lipinski definition) is 2. The third-order valence-corrected chi connectivity index (χ3v) is 6.81. The molecular weight excluding hydrogens is 418 g/mol. The Morgan fingerprint density at radius 1 is 1.00 bits per heavy atom. The first-order chi connectivity index (χ1) is 14.4. The van der Waals surface area contributed by atoms with Crippen LogP contribution in [0, 0.1) is 6.92 Å². The van der Waals surface area contributed by atoms with Gasteiger partial charge in [0.05, 0.1) is 15.1 Å². The summed E-state index contributed by atoms with van der Waals surface area (Å²) in [6.07, 6.45) is 0. The first-order valence-electron chi connectivity index (χ1n) is 9.23. The molecule has 0 radical (unpaired) electrons. The molecule has 0 aliphatic heterocycles. The monoisotopic (exact) mass is 437 g/mol. The maximum atomic E-state index is 12.7. The van der Waals surface area contributed by atoms with Crippen molar-refractivity contribution in [2.75, 3.05) is 5.32 Å². The predicted molar refractivity (Wildman–Crippen MR) is 119 cm³/mol. The van der Waals surface area contributed by atoms with Crippen molar-refractivity contribution in [3.8, 4) is 0 Å². The van der Waals surface area contributed by atoms with Crippen LogP contribution in [0.1, 0.15) is 21.5 Å². The fourth-order valence-electron chi connectivity index (χ4n) is 2.92. The summed E-state index contributed by atoms with van der Waals surface area (Å²) < 4.78 is 28.8. The van der Waals surface area contributed by atoms with Crippen LogP contribution >= 0.6 is 11.3 Å². The molecule has 1 amide bonds. The van der Waals surface area contributed by atoms with Crippen molar-refractivity contribution >= 4 is 42.6 Å². The lowest BCUT2D eigenvalue weighted by molar-refractivity contribution is 0.102. The number of hydrogen-bond acceptors (Lipinski definition) is 5. The van der Waals surface area contributed by atoms with Crippen LogP contribution in [0.5, 0.6) is 0 Å². The van der Waals surface area contributed by atoms with E-state index in [-0.39, 0.29) is 17.0 Å². The van der Waals surface area contributed by atoms with E-state index in [4.69, 9.17) is 0 Å². The van der Waals surface area contributed by atoms with Crippen molar-refractivity contribution in [3.05, 3.63) is 89.5 Å². The van der Waals surface area contributed by atoms with E-state index in [0.717, 1.165) is 21.3 Å². The summed E-state index contributed by atoms with van der Waals surface area (Å²) >= 11 is 1.38. The lowest BCUT2D eigenvalue weighted by Gasteiger charge is -2.08. The van der Waals surface area contributed by atoms with Crippen molar-refractivity contribution in [2.24, 2.45) is 0 Å². The van der Waals surface area contributed by atoms with E-state index in [1.807, 2.05) is 55.5 Å². The molecule has 0 atom stereocenters. The SMILES string of the molecule is Cc1ccc2nc(NC(=O)c3cccc(S(=O)(=O)NCc4ccccc4)c3)sc2c1. The summed E-state index contributed by atoms with van der Waals surface area (Å²) in [4.78, 5) is 17.1. The van der Waals surface area contributed by atoms with Crippen molar-refractivity contribution in [1.29, 1.82) is 0 Å². The molecule has 152 valence electrons. The smallest absolute Gasteiger partial charge is 0.257 e. The van der Waals surface area contributed by atoms with Gasteiger partial charge in [0.2, 0.25) is 10.0 Å². The Morgan fingerprint density at radius 2 is 1.80 bits per heavy atom. The number of rotatable bonds is 6. The number of nitrogens with zero attached hydrogens (tertiary/aromatic N) is 1. The van der Waals surface area contributed by atoms with Crippen LogP contribution in [0.4, 0.5) is 5.13 Å². The van der Waals surface area contributed by atoms with E-state index in [1.165, 1.54) is 23.5 Å². The molecule has 4 aromatic rings. The Kier molecular flexibility index (Phi) is 5.63. The van der Waals surface area contributed by atoms with Crippen LogP contribution < -0.4 is 10.0 Å². The van der Waals surface area contributed by atoms with Gasteiger partial charge >= 0.3 is 0 Å². The quantitative estimate of drug-likeness (QED) is 0.470. The molecule has 0 saturated carbocycles. The highest BCUT2D eigenvalue weighted by atomic mass is 32.2. The van der Waals surface area contributed by atoms with Gasteiger partial charge in [0.1, 0.15) is 0 Å². The molecule has 3 aromatic carbocycles. The van der Waals surface area contributed by atoms with E-state index in [0.29, 0.717) is 5.13 Å². The van der Waals surface area contributed by atoms with Crippen LogP contribution in [0.2, 0.25) is 0 Å². The van der Waals surface area contributed by atoms with E-state index in [2.05, 4.69) is 15.0 Å². The Bertz CT molecular complexity index is 1320. The van der Waals surface area contributed by atoms with Gasteiger partial charge in [-0.25, -0.2) is 18.1 Å². The number of aryl methyl sites for hydroxylation is 1. The van der Waals surface area contributed by atoms with Gasteiger partial charge in [-0.15, -0.1) is 0 Å². The molecular formula is C22H19N3O3S2. The molecule has 0 spiro atoms. The van der Waals surface area contributed by atoms with Gasteiger partial charge in [0.15, 0.2) is 5.13 Å². The Hall–Kier alpha value is -3.07. The number of thiazole rings is 1. The highest BCUT2D eigenvalue weighted by Gasteiger charge is 2.17. The number of anilines is 1. The fourth-order valence-corrected chi connectivity index (χ4v) is 4.94. The minimum atomic E-state index is -3.76. The van der Waals surface area contributed by atoms with Gasteiger partial charge in [0.25, 0.3) is 5.91 Å². The van der Waals surface area contributed by atoms with E-state index < -0.39 is 15.9 Å². The van der Waals surface area contributed by atoms with Crippen molar-refractivity contribution < 1.29 is 13.2 Å². The maximum absolute atomic E-state index is 12.7. The highest BCUT2D eigenvalue weighted by molar-refractivity contribution is 7.89. The van der Waals surface area contributed by atoms with Gasteiger partial charge < -0.3 is 0 Å². The molecule has 0 saturated heterocycles.